The molecule has 38 heteroatoms. The molecule has 566 valence electrons. The van der Waals surface area contributed by atoms with Crippen LogP contribution in [0.2, 0.25) is 0 Å². The first kappa shape index (κ1) is 85.1. The third-order valence-electron chi connectivity index (χ3n) is 16.0. The number of carboxylic acid groups (broad SMARTS) is 3. The zero-order valence-electron chi connectivity index (χ0n) is 57.7. The Morgan fingerprint density at radius 2 is 1.12 bits per heavy atom. The van der Waals surface area contributed by atoms with Gasteiger partial charge >= 0.3 is 23.5 Å². The van der Waals surface area contributed by atoms with Gasteiger partial charge in [0.15, 0.2) is 0 Å². The molecular formula is C66H88N14O23S. The van der Waals surface area contributed by atoms with Crippen molar-refractivity contribution in [3.05, 3.63) is 115 Å². The summed E-state index contributed by atoms with van der Waals surface area (Å²) in [5.41, 5.74) is 10.3. The van der Waals surface area contributed by atoms with Crippen LogP contribution in [0.3, 0.4) is 0 Å². The van der Waals surface area contributed by atoms with E-state index in [1.54, 1.807) is 62.6 Å². The monoisotopic (exact) mass is 1480 g/mol. The number of aliphatic carboxylic acids is 3. The van der Waals surface area contributed by atoms with E-state index in [9.17, 15) is 103 Å². The van der Waals surface area contributed by atoms with Gasteiger partial charge in [-0.05, 0) is 119 Å². The second-order valence-electron chi connectivity index (χ2n) is 24.3. The van der Waals surface area contributed by atoms with Crippen LogP contribution in [0.25, 0.3) is 11.0 Å². The highest BCUT2D eigenvalue weighted by molar-refractivity contribution is 7.98. The summed E-state index contributed by atoms with van der Waals surface area (Å²) in [7, 11) is 1.40. The van der Waals surface area contributed by atoms with E-state index >= 15 is 0 Å². The summed E-state index contributed by atoms with van der Waals surface area (Å²) >= 11 is 1.23. The number of rotatable bonds is 47. The largest absolute Gasteiger partial charge is 0.497 e. The van der Waals surface area contributed by atoms with Crippen LogP contribution in [-0.2, 0) is 75.2 Å². The van der Waals surface area contributed by atoms with Crippen molar-refractivity contribution in [3.63, 3.8) is 0 Å². The molecule has 3 aromatic carbocycles. The molecule has 0 spiro atoms. The summed E-state index contributed by atoms with van der Waals surface area (Å²) < 4.78 is 10.5. The van der Waals surface area contributed by atoms with Crippen molar-refractivity contribution in [2.24, 2.45) is 17.4 Å². The number of nitrogens with zero attached hydrogens (tertiary/aromatic N) is 2. The molecule has 10 amide bonds. The van der Waals surface area contributed by atoms with Crippen LogP contribution in [0.15, 0.2) is 82.0 Å². The highest BCUT2D eigenvalue weighted by atomic mass is 32.2. The van der Waals surface area contributed by atoms with Gasteiger partial charge in [0, 0.05) is 49.4 Å². The number of ether oxygens (including phenoxy) is 1. The van der Waals surface area contributed by atoms with E-state index in [0.29, 0.717) is 23.1 Å². The van der Waals surface area contributed by atoms with Gasteiger partial charge < -0.3 is 89.1 Å². The minimum Gasteiger partial charge on any atom is -0.497 e. The molecule has 0 aliphatic rings. The van der Waals surface area contributed by atoms with Gasteiger partial charge in [0.25, 0.3) is 11.4 Å². The number of anilines is 1. The highest BCUT2D eigenvalue weighted by Crippen LogP contribution is 2.29. The number of nitro groups is 2. The summed E-state index contributed by atoms with van der Waals surface area (Å²) in [5, 5.41) is 77.1. The third-order valence-corrected chi connectivity index (χ3v) is 16.6. The number of nitrogens with one attached hydrogen (secondary N) is 10. The first-order chi connectivity index (χ1) is 49.2. The quantitative estimate of drug-likeness (QED) is 0.0122. The number of hydrogen-bond donors (Lipinski definition) is 15. The van der Waals surface area contributed by atoms with Crippen LogP contribution in [0, 0.1) is 26.1 Å². The Morgan fingerprint density at radius 3 is 1.69 bits per heavy atom. The number of benzene rings is 3. The lowest BCUT2D eigenvalue weighted by molar-refractivity contribution is -0.393. The van der Waals surface area contributed by atoms with Crippen molar-refractivity contribution in [2.45, 2.75) is 165 Å². The van der Waals surface area contributed by atoms with Crippen LogP contribution >= 0.6 is 11.8 Å². The number of methoxy groups -OCH3 is 1. The molecule has 37 nitrogen and oxygen atoms in total. The molecule has 0 fully saturated rings. The molecule has 0 saturated carbocycles. The maximum atomic E-state index is 14.3. The lowest BCUT2D eigenvalue weighted by Crippen LogP contribution is -2.61. The molecule has 4 aromatic rings. The van der Waals surface area contributed by atoms with E-state index in [-0.39, 0.29) is 80.6 Å². The number of carbonyl (C=O) groups is 13. The molecule has 1 heterocycles. The van der Waals surface area contributed by atoms with E-state index in [1.165, 1.54) is 24.9 Å². The molecule has 9 atom stereocenters. The van der Waals surface area contributed by atoms with Crippen molar-refractivity contribution in [3.8, 4) is 5.75 Å². The Hall–Kier alpha value is -11.3. The van der Waals surface area contributed by atoms with Crippen LogP contribution in [0.1, 0.15) is 109 Å². The summed E-state index contributed by atoms with van der Waals surface area (Å²) in [6.07, 6.45) is -1.88. The second-order valence-corrected chi connectivity index (χ2v) is 25.3. The zero-order valence-corrected chi connectivity index (χ0v) is 58.5. The topological polar surface area (TPSA) is 581 Å². The van der Waals surface area contributed by atoms with E-state index in [2.05, 4.69) is 53.2 Å². The number of fused-ring (bicyclic) bond motifs is 1. The number of non-ortho nitro benzene ring substituents is 1. The molecule has 4 rings (SSSR count). The number of hydrogen-bond acceptors (Lipinski definition) is 23. The Kier molecular flexibility index (Phi) is 35.0. The van der Waals surface area contributed by atoms with Crippen LogP contribution in [-0.4, -0.2) is 189 Å². The molecular weight excluding hydrogens is 1390 g/mol. The summed E-state index contributed by atoms with van der Waals surface area (Å²) in [5.74, 6) is -14.8. The van der Waals surface area contributed by atoms with E-state index in [0.717, 1.165) is 31.2 Å². The van der Waals surface area contributed by atoms with Crippen molar-refractivity contribution in [1.82, 2.24) is 47.9 Å². The normalized spacial score (nSPS) is 13.6. The van der Waals surface area contributed by atoms with Gasteiger partial charge in [-0.15, -0.1) is 0 Å². The number of amides is 10. The smallest absolute Gasteiger partial charge is 0.336 e. The molecule has 104 heavy (non-hydrogen) atoms. The molecule has 0 aliphatic carbocycles. The molecule has 0 aliphatic heterocycles. The number of carboxylic acids is 3. The van der Waals surface area contributed by atoms with E-state index in [4.69, 9.17) is 20.6 Å². The Morgan fingerprint density at radius 1 is 0.577 bits per heavy atom. The molecule has 17 N–H and O–H groups in total. The van der Waals surface area contributed by atoms with Gasteiger partial charge in [-0.1, -0.05) is 44.2 Å². The Bertz CT molecular complexity index is 3800. The fraction of sp³-hybridized carbons (Fsp3) is 0.485. The van der Waals surface area contributed by atoms with Gasteiger partial charge in [-0.2, -0.15) is 11.8 Å². The van der Waals surface area contributed by atoms with Gasteiger partial charge in [0.2, 0.25) is 59.1 Å². The maximum Gasteiger partial charge on any atom is 0.336 e. The van der Waals surface area contributed by atoms with E-state index < -0.39 is 203 Å². The molecule has 0 saturated heterocycles. The highest BCUT2D eigenvalue weighted by Gasteiger charge is 2.37. The number of nitro benzene ring substituents is 2. The molecule has 1 aromatic heterocycles. The number of nitrogens with two attached hydrogens (primary N) is 2. The summed E-state index contributed by atoms with van der Waals surface area (Å²) in [6.45, 7) is 4.42. The Labute approximate surface area is 599 Å². The van der Waals surface area contributed by atoms with Crippen LogP contribution in [0.5, 0.6) is 5.75 Å². The minimum absolute atomic E-state index is 0.0182. The summed E-state index contributed by atoms with van der Waals surface area (Å²) in [6, 6.07) is 2.51. The first-order valence-corrected chi connectivity index (χ1v) is 34.3. The van der Waals surface area contributed by atoms with Crippen molar-refractivity contribution < 1.29 is 96.6 Å². The van der Waals surface area contributed by atoms with Crippen molar-refractivity contribution >= 4 is 117 Å². The predicted molar refractivity (Wildman–Crippen MR) is 374 cm³/mol. The first-order valence-electron chi connectivity index (χ1n) is 32.9. The molecule has 0 radical (unpaired) electrons. The van der Waals surface area contributed by atoms with Gasteiger partial charge in [-0.3, -0.25) is 82.6 Å². The molecule has 0 unspecified atom stereocenters. The predicted octanol–water partition coefficient (Wildman–Crippen LogP) is 0.296. The third kappa shape index (κ3) is 28.6. The van der Waals surface area contributed by atoms with Gasteiger partial charge in [0.05, 0.1) is 35.9 Å². The average molecular weight is 1480 g/mol. The van der Waals surface area contributed by atoms with Crippen molar-refractivity contribution in [1.29, 1.82) is 0 Å². The lowest BCUT2D eigenvalue weighted by atomic mass is 10.00. The maximum absolute atomic E-state index is 14.3. The van der Waals surface area contributed by atoms with Crippen molar-refractivity contribution in [2.75, 3.05) is 37.5 Å². The van der Waals surface area contributed by atoms with Gasteiger partial charge in [0.1, 0.15) is 71.4 Å². The number of carbonyl (C=O) groups excluding carboxylic acids is 10. The fourth-order valence-electron chi connectivity index (χ4n) is 10.4. The average Bonchev–Trinajstić information content (AvgIpc) is 0.792. The van der Waals surface area contributed by atoms with Crippen LogP contribution in [0.4, 0.5) is 17.1 Å². The standard InChI is InChI=1S/C66H88N14O23S/c1-35(2)57(78-63(94)45(21-23-53(82)83)71-52(81)30-38-31-56(88)103-51-33-40(102-4)18-19-41(38)51)66(97)75-44(16-9-11-26-67)60(91)74-47(25-28-104-5)62(93)77-49(34-55(86)87)64(95)70-36(3)59(90)73-46(22-24-54(84)85)61(92)76-48(29-37-13-7-6-8-14-37)65(96)72-43(58(68)89)15-10-12-27-69-42-20-17-39(79(98)99)32-50(42)80(100)101/h6-8,13-14,17-20,31-33,35-36,43-49,57,69H,9-12,15-16,21-30,34,67H2,1-5H3,(H2,68,89)(H,70,95)(H,71,81)(H,72,96)(H,73,90)(H,74,91)(H,75,97)(H,76,92)(H,77,93)(H,78,94)(H,82,83)(H,84,85)(H,86,87)/t36-,43-,44-,45-,46-,47-,48-,49-,57-/m0/s1. The van der Waals surface area contributed by atoms with E-state index in [1.807, 2.05) is 0 Å². The number of thioether (sulfide) groups is 1. The SMILES string of the molecule is COc1ccc2c(CC(=O)N[C@@H](CCC(=O)O)C(=O)N[C@H](C(=O)N[C@@H](CCCCN)C(=O)N[C@@H](CCSC)C(=O)N[C@@H](CC(=O)O)C(=O)N[C@@H](C)C(=O)N[C@@H](CCC(=O)O)C(=O)N[C@@H](Cc3ccccc3)C(=O)N[C@@H](CCCCNc3ccc([N+](=O)[O-])cc3[N+](=O)[O-])C(N)=O)C(C)C)cc(=O)oc2c1. The summed E-state index contributed by atoms with van der Waals surface area (Å²) in [4.78, 5) is 209. The molecule has 0 bridgehead atoms. The zero-order chi connectivity index (χ0) is 77.3. The van der Waals surface area contributed by atoms with Gasteiger partial charge in [-0.25, -0.2) is 4.79 Å². The lowest BCUT2D eigenvalue weighted by Gasteiger charge is -2.28. The number of unbranched alkanes of at least 4 members (excludes halogenated alkanes) is 2. The van der Waals surface area contributed by atoms with Crippen LogP contribution < -0.4 is 75.0 Å². The number of primary amides is 1. The Balaban J connectivity index is 1.48. The second kappa shape index (κ2) is 42.8. The fourth-order valence-corrected chi connectivity index (χ4v) is 10.9. The minimum atomic E-state index is -1.97.